The minimum Gasteiger partial charge on any atom is -0.396 e. The molecule has 0 bridgehead atoms. The van der Waals surface area contributed by atoms with Gasteiger partial charge in [0.1, 0.15) is 5.82 Å². The Morgan fingerprint density at radius 3 is 2.78 bits per heavy atom. The van der Waals surface area contributed by atoms with Crippen molar-refractivity contribution in [2.45, 2.75) is 25.3 Å². The molecule has 0 saturated carbocycles. The molecule has 1 aliphatic heterocycles. The Morgan fingerprint density at radius 2 is 2.06 bits per heavy atom. The molecule has 5 heteroatoms. The Morgan fingerprint density at radius 1 is 1.28 bits per heavy atom. The summed E-state index contributed by atoms with van der Waals surface area (Å²) in [5, 5.41) is 17.9. The van der Waals surface area contributed by atoms with Gasteiger partial charge in [-0.3, -0.25) is 0 Å². The van der Waals surface area contributed by atoms with E-state index in [9.17, 15) is 5.11 Å². The molecule has 0 saturated heterocycles. The largest absolute Gasteiger partial charge is 0.396 e. The molecule has 94 valence electrons. The van der Waals surface area contributed by atoms with Gasteiger partial charge in [-0.2, -0.15) is 0 Å². The summed E-state index contributed by atoms with van der Waals surface area (Å²) in [4.78, 5) is 0. The Balaban J connectivity index is 2.04. The maximum atomic E-state index is 9.37. The van der Waals surface area contributed by atoms with Crippen LogP contribution in [0.25, 0.3) is 11.4 Å². The third-order valence-electron chi connectivity index (χ3n) is 3.40. The maximum absolute atomic E-state index is 9.37. The number of benzene rings is 1. The Labute approximate surface area is 114 Å². The van der Waals surface area contributed by atoms with Crippen LogP contribution in [-0.2, 0) is 6.54 Å². The SMILES string of the molecule is OCC1CCCn2c(-c3ccc(Br)cc3)nnc21. The minimum atomic E-state index is 0.135. The van der Waals surface area contributed by atoms with Crippen molar-refractivity contribution in [3.8, 4) is 11.4 Å². The van der Waals surface area contributed by atoms with Crippen LogP contribution in [0.4, 0.5) is 0 Å². The molecule has 1 aromatic carbocycles. The topological polar surface area (TPSA) is 50.9 Å². The zero-order valence-electron chi connectivity index (χ0n) is 9.88. The summed E-state index contributed by atoms with van der Waals surface area (Å²) in [6.07, 6.45) is 2.06. The molecule has 1 atom stereocenters. The van der Waals surface area contributed by atoms with E-state index >= 15 is 0 Å². The lowest BCUT2D eigenvalue weighted by atomic mass is 10.00. The zero-order valence-corrected chi connectivity index (χ0v) is 11.5. The Hall–Kier alpha value is -1.20. The first-order valence-corrected chi connectivity index (χ1v) is 6.89. The summed E-state index contributed by atoms with van der Waals surface area (Å²) in [6.45, 7) is 1.09. The van der Waals surface area contributed by atoms with Gasteiger partial charge < -0.3 is 9.67 Å². The van der Waals surface area contributed by atoms with Gasteiger partial charge in [0.2, 0.25) is 0 Å². The molecule has 0 fully saturated rings. The molecule has 4 nitrogen and oxygen atoms in total. The van der Waals surface area contributed by atoms with Gasteiger partial charge in [-0.25, -0.2) is 0 Å². The molecule has 2 heterocycles. The summed E-state index contributed by atoms with van der Waals surface area (Å²) in [6, 6.07) is 8.07. The van der Waals surface area contributed by atoms with Crippen LogP contribution in [-0.4, -0.2) is 26.5 Å². The van der Waals surface area contributed by atoms with Gasteiger partial charge in [0, 0.05) is 22.5 Å². The van der Waals surface area contributed by atoms with Gasteiger partial charge in [-0.15, -0.1) is 10.2 Å². The first kappa shape index (κ1) is 11.9. The number of rotatable bonds is 2. The number of aromatic nitrogens is 3. The Bertz CT molecular complexity index is 550. The normalized spacial score (nSPS) is 18.7. The second kappa shape index (κ2) is 4.82. The molecule has 0 amide bonds. The molecule has 18 heavy (non-hydrogen) atoms. The first-order chi connectivity index (χ1) is 8.79. The number of fused-ring (bicyclic) bond motifs is 1. The van der Waals surface area contributed by atoms with Gasteiger partial charge in [-0.05, 0) is 25.0 Å². The van der Waals surface area contributed by atoms with Crippen LogP contribution in [0, 0.1) is 0 Å². The summed E-state index contributed by atoms with van der Waals surface area (Å²) < 4.78 is 3.19. The molecular weight excluding hydrogens is 294 g/mol. The number of aliphatic hydroxyl groups is 1. The number of halogens is 1. The lowest BCUT2D eigenvalue weighted by Gasteiger charge is -2.21. The lowest BCUT2D eigenvalue weighted by Crippen LogP contribution is -2.19. The summed E-state index contributed by atoms with van der Waals surface area (Å²) in [5.74, 6) is 1.95. The van der Waals surface area contributed by atoms with Crippen molar-refractivity contribution in [1.29, 1.82) is 0 Å². The molecule has 0 radical (unpaired) electrons. The van der Waals surface area contributed by atoms with Gasteiger partial charge in [0.15, 0.2) is 5.82 Å². The fourth-order valence-corrected chi connectivity index (χ4v) is 2.71. The quantitative estimate of drug-likeness (QED) is 0.928. The molecule has 3 rings (SSSR count). The predicted octanol–water partition coefficient (Wildman–Crippen LogP) is 2.58. The fraction of sp³-hybridized carbons (Fsp3) is 0.385. The maximum Gasteiger partial charge on any atom is 0.163 e. The summed E-state index contributed by atoms with van der Waals surface area (Å²) in [7, 11) is 0. The highest BCUT2D eigenvalue weighted by Crippen LogP contribution is 2.30. The van der Waals surface area contributed by atoms with E-state index in [1.807, 2.05) is 24.3 Å². The van der Waals surface area contributed by atoms with E-state index in [1.165, 1.54) is 0 Å². The predicted molar refractivity (Wildman–Crippen MR) is 72.2 cm³/mol. The average molecular weight is 308 g/mol. The summed E-state index contributed by atoms with van der Waals surface area (Å²) in [5.41, 5.74) is 1.07. The highest BCUT2D eigenvalue weighted by molar-refractivity contribution is 9.10. The van der Waals surface area contributed by atoms with Crippen LogP contribution in [0.5, 0.6) is 0 Å². The van der Waals surface area contributed by atoms with E-state index in [0.717, 1.165) is 41.1 Å². The monoisotopic (exact) mass is 307 g/mol. The molecule has 1 N–H and O–H groups in total. The zero-order chi connectivity index (χ0) is 12.5. The number of hydrogen-bond acceptors (Lipinski definition) is 3. The van der Waals surface area contributed by atoms with E-state index in [-0.39, 0.29) is 12.5 Å². The lowest BCUT2D eigenvalue weighted by molar-refractivity contribution is 0.238. The third-order valence-corrected chi connectivity index (χ3v) is 3.93. The van der Waals surface area contributed by atoms with E-state index in [0.29, 0.717) is 0 Å². The fourth-order valence-electron chi connectivity index (χ4n) is 2.45. The van der Waals surface area contributed by atoms with Crippen molar-refractivity contribution < 1.29 is 5.11 Å². The molecular formula is C13H14BrN3O. The molecule has 0 aliphatic carbocycles. The molecule has 1 aromatic heterocycles. The van der Waals surface area contributed by atoms with Crippen molar-refractivity contribution in [1.82, 2.24) is 14.8 Å². The first-order valence-electron chi connectivity index (χ1n) is 6.09. The molecule has 0 spiro atoms. The highest BCUT2D eigenvalue weighted by atomic mass is 79.9. The number of hydrogen-bond donors (Lipinski definition) is 1. The van der Waals surface area contributed by atoms with Gasteiger partial charge in [0.05, 0.1) is 6.61 Å². The molecule has 1 unspecified atom stereocenters. The van der Waals surface area contributed by atoms with E-state index in [2.05, 4.69) is 30.7 Å². The van der Waals surface area contributed by atoms with E-state index in [4.69, 9.17) is 0 Å². The summed E-state index contributed by atoms with van der Waals surface area (Å²) >= 11 is 3.43. The van der Waals surface area contributed by atoms with Crippen molar-refractivity contribution >= 4 is 15.9 Å². The molecule has 2 aromatic rings. The van der Waals surface area contributed by atoms with Crippen LogP contribution in [0.15, 0.2) is 28.7 Å². The smallest absolute Gasteiger partial charge is 0.163 e. The van der Waals surface area contributed by atoms with Crippen molar-refractivity contribution in [3.63, 3.8) is 0 Å². The van der Waals surface area contributed by atoms with Crippen LogP contribution in [0.3, 0.4) is 0 Å². The van der Waals surface area contributed by atoms with E-state index in [1.54, 1.807) is 0 Å². The van der Waals surface area contributed by atoms with Crippen LogP contribution < -0.4 is 0 Å². The second-order valence-electron chi connectivity index (χ2n) is 4.56. The highest BCUT2D eigenvalue weighted by Gasteiger charge is 2.24. The number of aliphatic hydroxyl groups excluding tert-OH is 1. The van der Waals surface area contributed by atoms with Gasteiger partial charge >= 0.3 is 0 Å². The minimum absolute atomic E-state index is 0.135. The van der Waals surface area contributed by atoms with Crippen LogP contribution in [0.1, 0.15) is 24.6 Å². The second-order valence-corrected chi connectivity index (χ2v) is 5.48. The standard InChI is InChI=1S/C13H14BrN3O/c14-11-5-3-9(4-6-11)12-15-16-13-10(8-18)2-1-7-17(12)13/h3-6,10,18H,1-2,7-8H2. The van der Waals surface area contributed by atoms with E-state index < -0.39 is 0 Å². The Kier molecular flexibility index (Phi) is 3.18. The van der Waals surface area contributed by atoms with Crippen molar-refractivity contribution in [2.24, 2.45) is 0 Å². The molecule has 1 aliphatic rings. The van der Waals surface area contributed by atoms with Gasteiger partial charge in [0.25, 0.3) is 0 Å². The van der Waals surface area contributed by atoms with Gasteiger partial charge in [-0.1, -0.05) is 28.1 Å². The van der Waals surface area contributed by atoms with Crippen LogP contribution in [0.2, 0.25) is 0 Å². The number of nitrogens with zero attached hydrogens (tertiary/aromatic N) is 3. The third kappa shape index (κ3) is 1.97. The van der Waals surface area contributed by atoms with Crippen LogP contribution >= 0.6 is 15.9 Å². The van der Waals surface area contributed by atoms with Crippen molar-refractivity contribution in [2.75, 3.05) is 6.61 Å². The average Bonchev–Trinajstić information content (AvgIpc) is 2.83. The van der Waals surface area contributed by atoms with Crippen molar-refractivity contribution in [3.05, 3.63) is 34.6 Å².